The normalized spacial score (nSPS) is 16.6. The van der Waals surface area contributed by atoms with Gasteiger partial charge in [-0.3, -0.25) is 14.4 Å². The molecule has 90 valence electrons. The average molecular weight is 228 g/mol. The number of hydrogen-bond acceptors (Lipinski definition) is 4. The van der Waals surface area contributed by atoms with E-state index in [2.05, 4.69) is 4.74 Å². The molecular formula is C10H16N2O4. The predicted octanol–water partition coefficient (Wildman–Crippen LogP) is -0.760. The molecule has 0 aromatic rings. The van der Waals surface area contributed by atoms with Crippen molar-refractivity contribution in [2.24, 2.45) is 0 Å². The van der Waals surface area contributed by atoms with Crippen molar-refractivity contribution in [1.82, 2.24) is 9.80 Å². The van der Waals surface area contributed by atoms with Gasteiger partial charge in [-0.2, -0.15) is 0 Å². The first kappa shape index (κ1) is 12.5. The van der Waals surface area contributed by atoms with Crippen LogP contribution in [0, 0.1) is 0 Å². The summed E-state index contributed by atoms with van der Waals surface area (Å²) in [6, 6.07) is 0. The summed E-state index contributed by atoms with van der Waals surface area (Å²) in [7, 11) is 1.25. The number of amides is 2. The minimum atomic E-state index is -0.620. The van der Waals surface area contributed by atoms with Gasteiger partial charge in [0, 0.05) is 19.6 Å². The lowest BCUT2D eigenvalue weighted by Crippen LogP contribution is -2.55. The third kappa shape index (κ3) is 2.71. The Balaban J connectivity index is 2.58. The zero-order chi connectivity index (χ0) is 12.1. The zero-order valence-electron chi connectivity index (χ0n) is 9.56. The fourth-order valence-corrected chi connectivity index (χ4v) is 1.57. The van der Waals surface area contributed by atoms with Gasteiger partial charge in [-0.1, -0.05) is 6.92 Å². The molecule has 0 unspecified atom stereocenters. The lowest BCUT2D eigenvalue weighted by molar-refractivity contribution is -0.159. The van der Waals surface area contributed by atoms with E-state index in [1.807, 2.05) is 6.92 Å². The highest BCUT2D eigenvalue weighted by atomic mass is 16.5. The van der Waals surface area contributed by atoms with E-state index in [1.165, 1.54) is 16.9 Å². The van der Waals surface area contributed by atoms with Gasteiger partial charge in [-0.15, -0.1) is 0 Å². The lowest BCUT2D eigenvalue weighted by atomic mass is 10.2. The Morgan fingerprint density at radius 1 is 1.25 bits per heavy atom. The zero-order valence-corrected chi connectivity index (χ0v) is 9.56. The van der Waals surface area contributed by atoms with Gasteiger partial charge in [-0.25, -0.2) is 0 Å². The summed E-state index contributed by atoms with van der Waals surface area (Å²) in [6.45, 7) is 3.24. The molecule has 0 spiro atoms. The summed E-state index contributed by atoms with van der Waals surface area (Å²) in [4.78, 5) is 36.9. The summed E-state index contributed by atoms with van der Waals surface area (Å²) in [6.07, 6.45) is 0.815. The third-order valence-corrected chi connectivity index (χ3v) is 2.44. The smallest absolute Gasteiger partial charge is 0.325 e. The topological polar surface area (TPSA) is 66.9 Å². The molecule has 1 fully saturated rings. The van der Waals surface area contributed by atoms with Gasteiger partial charge in [0.2, 0.25) is 0 Å². The number of piperazine rings is 1. The van der Waals surface area contributed by atoms with Gasteiger partial charge < -0.3 is 14.5 Å². The van der Waals surface area contributed by atoms with Crippen molar-refractivity contribution in [2.75, 3.05) is 33.3 Å². The molecule has 0 N–H and O–H groups in total. The predicted molar refractivity (Wildman–Crippen MR) is 55.5 cm³/mol. The third-order valence-electron chi connectivity index (χ3n) is 2.44. The molecule has 2 amide bonds. The van der Waals surface area contributed by atoms with Crippen LogP contribution in [-0.2, 0) is 19.1 Å². The Kier molecular flexibility index (Phi) is 4.28. The second-order valence-corrected chi connectivity index (χ2v) is 3.60. The molecule has 6 heteroatoms. The number of nitrogens with zero attached hydrogens (tertiary/aromatic N) is 2. The fraction of sp³-hybridized carbons (Fsp3) is 0.700. The Labute approximate surface area is 94.1 Å². The molecule has 0 radical (unpaired) electrons. The molecule has 1 aliphatic rings. The fourth-order valence-electron chi connectivity index (χ4n) is 1.57. The van der Waals surface area contributed by atoms with Crippen LogP contribution in [0.4, 0.5) is 0 Å². The second kappa shape index (κ2) is 5.48. The molecule has 0 aromatic carbocycles. The number of ether oxygens (including phenoxy) is 1. The van der Waals surface area contributed by atoms with Gasteiger partial charge >= 0.3 is 17.8 Å². The van der Waals surface area contributed by atoms with E-state index in [0.29, 0.717) is 19.6 Å². The molecule has 0 aliphatic carbocycles. The summed E-state index contributed by atoms with van der Waals surface area (Å²) < 4.78 is 4.45. The number of carbonyl (C=O) groups is 3. The van der Waals surface area contributed by atoms with Crippen LogP contribution >= 0.6 is 0 Å². The molecular weight excluding hydrogens is 212 g/mol. The standard InChI is InChI=1S/C10H16N2O4/c1-3-4-11-5-6-12(7-8(13)16-2)10(15)9(11)14/h3-7H2,1-2H3. The van der Waals surface area contributed by atoms with E-state index in [1.54, 1.807) is 0 Å². The Morgan fingerprint density at radius 2 is 1.81 bits per heavy atom. The van der Waals surface area contributed by atoms with E-state index in [9.17, 15) is 14.4 Å². The molecule has 6 nitrogen and oxygen atoms in total. The SMILES string of the molecule is CCCN1CCN(CC(=O)OC)C(=O)C1=O. The van der Waals surface area contributed by atoms with Gasteiger partial charge in [0.15, 0.2) is 0 Å². The van der Waals surface area contributed by atoms with Gasteiger partial charge in [0.05, 0.1) is 7.11 Å². The number of hydrogen-bond donors (Lipinski definition) is 0. The molecule has 1 rings (SSSR count). The highest BCUT2D eigenvalue weighted by Gasteiger charge is 2.32. The maximum Gasteiger partial charge on any atom is 0.325 e. The molecule has 1 saturated heterocycles. The quantitative estimate of drug-likeness (QED) is 0.468. The molecule has 0 atom stereocenters. The molecule has 16 heavy (non-hydrogen) atoms. The molecule has 0 saturated carbocycles. The van der Waals surface area contributed by atoms with Crippen molar-refractivity contribution in [2.45, 2.75) is 13.3 Å². The molecule has 1 heterocycles. The Morgan fingerprint density at radius 3 is 2.38 bits per heavy atom. The minimum absolute atomic E-state index is 0.152. The maximum atomic E-state index is 11.6. The van der Waals surface area contributed by atoms with Crippen molar-refractivity contribution in [3.63, 3.8) is 0 Å². The number of carbonyl (C=O) groups excluding carboxylic acids is 3. The van der Waals surface area contributed by atoms with Crippen LogP contribution in [0.5, 0.6) is 0 Å². The van der Waals surface area contributed by atoms with Crippen molar-refractivity contribution >= 4 is 17.8 Å². The first-order valence-electron chi connectivity index (χ1n) is 5.25. The molecule has 0 bridgehead atoms. The largest absolute Gasteiger partial charge is 0.468 e. The molecule has 0 aromatic heterocycles. The number of methoxy groups -OCH3 is 1. The summed E-state index contributed by atoms with van der Waals surface area (Å²) in [5.74, 6) is -1.66. The van der Waals surface area contributed by atoms with Crippen LogP contribution in [0.2, 0.25) is 0 Å². The monoisotopic (exact) mass is 228 g/mol. The van der Waals surface area contributed by atoms with Crippen LogP contribution in [0.25, 0.3) is 0 Å². The van der Waals surface area contributed by atoms with Crippen molar-refractivity contribution in [3.05, 3.63) is 0 Å². The lowest BCUT2D eigenvalue weighted by Gasteiger charge is -2.32. The van der Waals surface area contributed by atoms with Crippen LogP contribution < -0.4 is 0 Å². The Bertz CT molecular complexity index is 303. The first-order valence-corrected chi connectivity index (χ1v) is 5.25. The summed E-state index contributed by atoms with van der Waals surface area (Å²) in [5, 5.41) is 0. The highest BCUT2D eigenvalue weighted by molar-refractivity contribution is 6.35. The summed E-state index contributed by atoms with van der Waals surface area (Å²) in [5.41, 5.74) is 0. The minimum Gasteiger partial charge on any atom is -0.468 e. The summed E-state index contributed by atoms with van der Waals surface area (Å²) >= 11 is 0. The van der Waals surface area contributed by atoms with Gasteiger partial charge in [-0.05, 0) is 6.42 Å². The van der Waals surface area contributed by atoms with Crippen LogP contribution in [0.1, 0.15) is 13.3 Å². The van der Waals surface area contributed by atoms with E-state index >= 15 is 0 Å². The highest BCUT2D eigenvalue weighted by Crippen LogP contribution is 2.05. The first-order chi connectivity index (χ1) is 7.60. The van der Waals surface area contributed by atoms with Gasteiger partial charge in [0.25, 0.3) is 0 Å². The maximum absolute atomic E-state index is 11.6. The molecule has 1 aliphatic heterocycles. The van der Waals surface area contributed by atoms with Crippen molar-refractivity contribution < 1.29 is 19.1 Å². The van der Waals surface area contributed by atoms with Gasteiger partial charge in [0.1, 0.15) is 6.54 Å². The number of rotatable bonds is 4. The van der Waals surface area contributed by atoms with Crippen LogP contribution in [0.3, 0.4) is 0 Å². The van der Waals surface area contributed by atoms with E-state index in [4.69, 9.17) is 0 Å². The second-order valence-electron chi connectivity index (χ2n) is 3.60. The van der Waals surface area contributed by atoms with Crippen molar-refractivity contribution in [3.8, 4) is 0 Å². The van der Waals surface area contributed by atoms with E-state index in [-0.39, 0.29) is 6.54 Å². The van der Waals surface area contributed by atoms with E-state index < -0.39 is 17.8 Å². The average Bonchev–Trinajstić information content (AvgIpc) is 2.28. The number of esters is 1. The van der Waals surface area contributed by atoms with Crippen LogP contribution in [0.15, 0.2) is 0 Å². The van der Waals surface area contributed by atoms with Crippen LogP contribution in [-0.4, -0.2) is 60.9 Å². The Hall–Kier alpha value is -1.59. The van der Waals surface area contributed by atoms with E-state index in [0.717, 1.165) is 6.42 Å². The van der Waals surface area contributed by atoms with Crippen molar-refractivity contribution in [1.29, 1.82) is 0 Å².